The summed E-state index contributed by atoms with van der Waals surface area (Å²) in [6.07, 6.45) is -2.72. The van der Waals surface area contributed by atoms with Gasteiger partial charge in [-0.3, -0.25) is 0 Å². The molecule has 2 atom stereocenters. The Hall–Kier alpha value is -4.65. The lowest BCUT2D eigenvalue weighted by atomic mass is 10.0. The smallest absolute Gasteiger partial charge is 0.416 e. The minimum Gasteiger partial charge on any atom is -0.444 e. The Morgan fingerprint density at radius 2 is 1.79 bits per heavy atom. The van der Waals surface area contributed by atoms with Crippen LogP contribution in [0.4, 0.5) is 29.6 Å². The number of rotatable bonds is 8. The molecule has 1 aliphatic rings. The zero-order valence-corrected chi connectivity index (χ0v) is 27.0. The third-order valence-electron chi connectivity index (χ3n) is 7.71. The number of hydrogen-bond acceptors (Lipinski definition) is 9. The number of anilines is 2. The molecule has 0 spiro atoms. The van der Waals surface area contributed by atoms with Gasteiger partial charge in [0.1, 0.15) is 11.4 Å². The van der Waals surface area contributed by atoms with E-state index in [4.69, 9.17) is 14.5 Å². The molecule has 10 nitrogen and oxygen atoms in total. The summed E-state index contributed by atoms with van der Waals surface area (Å²) in [5, 5.41) is 17.0. The van der Waals surface area contributed by atoms with E-state index < -0.39 is 24.4 Å². The van der Waals surface area contributed by atoms with Crippen LogP contribution in [-0.4, -0.2) is 74.6 Å². The highest BCUT2D eigenvalue weighted by molar-refractivity contribution is 6.00. The number of aryl methyl sites for hydroxylation is 2. The van der Waals surface area contributed by atoms with Gasteiger partial charge >= 0.3 is 12.3 Å². The maximum atomic E-state index is 13.0. The summed E-state index contributed by atoms with van der Waals surface area (Å²) in [5.41, 5.74) is 2.55. The van der Waals surface area contributed by atoms with Gasteiger partial charge in [-0.2, -0.15) is 13.2 Å². The number of aliphatic hydroxyl groups excluding tert-OH is 1. The molecule has 1 amide bonds. The second-order valence-corrected chi connectivity index (χ2v) is 12.6. The van der Waals surface area contributed by atoms with E-state index in [0.29, 0.717) is 58.1 Å². The molecule has 1 fully saturated rings. The normalized spacial score (nSPS) is 16.1. The third-order valence-corrected chi connectivity index (χ3v) is 7.71. The van der Waals surface area contributed by atoms with Crippen LogP contribution in [-0.2, 0) is 4.74 Å². The fourth-order valence-corrected chi connectivity index (χ4v) is 5.39. The molecule has 1 unspecified atom stereocenters. The Labute approximate surface area is 271 Å². The van der Waals surface area contributed by atoms with Crippen LogP contribution in [0.25, 0.3) is 22.0 Å². The minimum atomic E-state index is -4.74. The monoisotopic (exact) mass is 652 g/mol. The van der Waals surface area contributed by atoms with Crippen LogP contribution in [0.1, 0.15) is 44.7 Å². The number of carbonyl (C=O) groups excluding carboxylic acids is 1. The number of amides is 1. The number of ether oxygens (including phenoxy) is 2. The number of likely N-dealkylation sites (tertiary alicyclic amines) is 1. The van der Waals surface area contributed by atoms with Crippen LogP contribution in [0.2, 0.25) is 0 Å². The first-order valence-electron chi connectivity index (χ1n) is 15.4. The molecule has 5 rings (SSSR count). The largest absolute Gasteiger partial charge is 0.444 e. The van der Waals surface area contributed by atoms with Crippen LogP contribution < -0.4 is 15.4 Å². The van der Waals surface area contributed by atoms with Crippen molar-refractivity contribution in [1.82, 2.24) is 19.9 Å². The zero-order valence-electron chi connectivity index (χ0n) is 27.0. The molecule has 1 saturated heterocycles. The lowest BCUT2D eigenvalue weighted by molar-refractivity contribution is -0.198. The average Bonchev–Trinajstić information content (AvgIpc) is 3.01. The number of nitrogens with one attached hydrogen (secondary N) is 2. The van der Waals surface area contributed by atoms with Crippen LogP contribution in [0.15, 0.2) is 54.9 Å². The maximum absolute atomic E-state index is 13.0. The molecule has 0 bridgehead atoms. The summed E-state index contributed by atoms with van der Waals surface area (Å²) < 4.78 is 51.0. The zero-order chi connectivity index (χ0) is 33.9. The van der Waals surface area contributed by atoms with E-state index >= 15 is 0 Å². The second kappa shape index (κ2) is 13.6. The molecular weight excluding hydrogens is 613 g/mol. The molecule has 2 aromatic carbocycles. The van der Waals surface area contributed by atoms with E-state index in [-0.39, 0.29) is 18.0 Å². The van der Waals surface area contributed by atoms with Crippen LogP contribution >= 0.6 is 0 Å². The topological polar surface area (TPSA) is 122 Å². The van der Waals surface area contributed by atoms with Crippen molar-refractivity contribution in [1.29, 1.82) is 0 Å². The Morgan fingerprint density at radius 1 is 1.04 bits per heavy atom. The van der Waals surface area contributed by atoms with Crippen molar-refractivity contribution in [2.75, 3.05) is 30.3 Å². The van der Waals surface area contributed by atoms with Crippen molar-refractivity contribution < 1.29 is 32.5 Å². The van der Waals surface area contributed by atoms with Crippen molar-refractivity contribution in [2.45, 2.75) is 71.4 Å². The standard InChI is InChI=1S/C34H39F3N6O4/c1-20-10-13-24-23(28(20)40-18-27(44)34(35,36)37)12-11-21(2)29(24)46-30-25(9-6-15-38-30)26-14-16-39-31(42-26)41-22-8-7-17-43(19-22)32(45)47-33(3,4)5/h6,9-16,22,27,40,44H,7-8,17-19H2,1-5H3,(H,39,41,42)/t22-,27?/m0/s1. The molecule has 3 heterocycles. The molecule has 250 valence electrons. The molecule has 0 saturated carbocycles. The van der Waals surface area contributed by atoms with E-state index in [9.17, 15) is 23.1 Å². The van der Waals surface area contributed by atoms with Crippen LogP contribution in [0.5, 0.6) is 11.6 Å². The highest BCUT2D eigenvalue weighted by Crippen LogP contribution is 2.40. The number of alkyl halides is 3. The van der Waals surface area contributed by atoms with E-state index in [2.05, 4.69) is 20.6 Å². The number of fused-ring (bicyclic) bond motifs is 1. The van der Waals surface area contributed by atoms with Gasteiger partial charge in [-0.15, -0.1) is 0 Å². The van der Waals surface area contributed by atoms with Gasteiger partial charge in [0, 0.05) is 54.5 Å². The maximum Gasteiger partial charge on any atom is 0.416 e. The highest BCUT2D eigenvalue weighted by Gasteiger charge is 2.38. The van der Waals surface area contributed by atoms with E-state index in [0.717, 1.165) is 18.4 Å². The number of halogens is 3. The molecule has 2 aromatic heterocycles. The van der Waals surface area contributed by atoms with Crippen molar-refractivity contribution >= 4 is 28.5 Å². The summed E-state index contributed by atoms with van der Waals surface area (Å²) >= 11 is 0. The van der Waals surface area contributed by atoms with Gasteiger partial charge < -0.3 is 30.1 Å². The molecular formula is C34H39F3N6O4. The first-order chi connectivity index (χ1) is 22.2. The van der Waals surface area contributed by atoms with Gasteiger partial charge in [-0.1, -0.05) is 24.3 Å². The second-order valence-electron chi connectivity index (χ2n) is 12.6. The molecule has 0 radical (unpaired) electrons. The predicted octanol–water partition coefficient (Wildman–Crippen LogP) is 7.25. The molecule has 1 aliphatic heterocycles. The van der Waals surface area contributed by atoms with Crippen LogP contribution in [0.3, 0.4) is 0 Å². The van der Waals surface area contributed by atoms with Crippen LogP contribution in [0, 0.1) is 13.8 Å². The van der Waals surface area contributed by atoms with Gasteiger partial charge in [0.25, 0.3) is 0 Å². The molecule has 47 heavy (non-hydrogen) atoms. The summed E-state index contributed by atoms with van der Waals surface area (Å²) in [7, 11) is 0. The molecule has 13 heteroatoms. The summed E-state index contributed by atoms with van der Waals surface area (Å²) in [6.45, 7) is 9.55. The van der Waals surface area contributed by atoms with Crippen molar-refractivity contribution in [3.05, 3.63) is 66.0 Å². The number of hydrogen-bond donors (Lipinski definition) is 3. The Morgan fingerprint density at radius 3 is 2.53 bits per heavy atom. The van der Waals surface area contributed by atoms with E-state index in [1.165, 1.54) is 0 Å². The van der Waals surface area contributed by atoms with Crippen molar-refractivity contribution in [3.63, 3.8) is 0 Å². The number of benzene rings is 2. The number of nitrogens with zero attached hydrogens (tertiary/aromatic N) is 4. The van der Waals surface area contributed by atoms with Gasteiger partial charge in [0.2, 0.25) is 11.8 Å². The first kappa shape index (κ1) is 33.7. The van der Waals surface area contributed by atoms with Crippen molar-refractivity contribution in [3.8, 4) is 22.9 Å². The fraction of sp³-hybridized carbons (Fsp3) is 0.412. The molecule has 0 aliphatic carbocycles. The number of carbonyl (C=O) groups is 1. The van der Waals surface area contributed by atoms with E-state index in [1.807, 2.05) is 52.0 Å². The van der Waals surface area contributed by atoms with Gasteiger partial charge in [0.05, 0.1) is 11.3 Å². The summed E-state index contributed by atoms with van der Waals surface area (Å²) in [6, 6.07) is 12.5. The summed E-state index contributed by atoms with van der Waals surface area (Å²) in [5.74, 6) is 1.16. The van der Waals surface area contributed by atoms with Gasteiger partial charge in [-0.25, -0.2) is 19.7 Å². The highest BCUT2D eigenvalue weighted by atomic mass is 19.4. The third kappa shape index (κ3) is 8.20. The van der Waals surface area contributed by atoms with E-state index in [1.54, 1.807) is 42.4 Å². The average molecular weight is 653 g/mol. The van der Waals surface area contributed by atoms with Gasteiger partial charge in [0.15, 0.2) is 6.10 Å². The quantitative estimate of drug-likeness (QED) is 0.181. The Kier molecular flexibility index (Phi) is 9.76. The number of aromatic nitrogens is 3. The first-order valence-corrected chi connectivity index (χ1v) is 15.4. The SMILES string of the molecule is Cc1ccc2c(Oc3ncccc3-c3ccnc(N[C@H]4CCCN(C(=O)OC(C)(C)C)C4)n3)c(C)ccc2c1NCC(O)C(F)(F)F. The lowest BCUT2D eigenvalue weighted by Gasteiger charge is -2.34. The predicted molar refractivity (Wildman–Crippen MR) is 174 cm³/mol. The molecule has 3 N–H and O–H groups in total. The Bertz CT molecular complexity index is 1740. The Balaban J connectivity index is 1.39. The summed E-state index contributed by atoms with van der Waals surface area (Å²) in [4.78, 5) is 28.0. The van der Waals surface area contributed by atoms with Gasteiger partial charge in [-0.05, 0) is 76.8 Å². The fourth-order valence-electron chi connectivity index (χ4n) is 5.39. The molecule has 4 aromatic rings. The number of pyridine rings is 1. The number of piperidine rings is 1. The van der Waals surface area contributed by atoms with Crippen molar-refractivity contribution in [2.24, 2.45) is 0 Å². The minimum absolute atomic E-state index is 0.0713. The number of aliphatic hydroxyl groups is 1. The lowest BCUT2D eigenvalue weighted by Crippen LogP contribution is -2.47.